The molecule has 2 amide bonds. The number of sulfonamides is 1. The Labute approximate surface area is 226 Å². The summed E-state index contributed by atoms with van der Waals surface area (Å²) in [5.41, 5.74) is 3.89. The second-order valence-electron chi connectivity index (χ2n) is 8.85. The van der Waals surface area contributed by atoms with Gasteiger partial charge in [-0.3, -0.25) is 4.57 Å². The number of carbonyl (C=O) groups is 1. The van der Waals surface area contributed by atoms with Gasteiger partial charge in [-0.25, -0.2) is 31.3 Å². The number of carbonyl (C=O) groups excluding carboxylic acids is 1. The molecule has 9 nitrogen and oxygen atoms in total. The van der Waals surface area contributed by atoms with Crippen LogP contribution < -0.4 is 10.0 Å². The topological polar surface area (TPSA) is 127 Å². The maximum absolute atomic E-state index is 12.4. The Bertz CT molecular complexity index is 1710. The van der Waals surface area contributed by atoms with E-state index in [1.165, 1.54) is 18.2 Å². The van der Waals surface area contributed by atoms with Gasteiger partial charge in [0, 0.05) is 24.9 Å². The third-order valence-electron chi connectivity index (χ3n) is 5.95. The summed E-state index contributed by atoms with van der Waals surface area (Å²) in [5.74, 6) is 0.752. The first-order chi connectivity index (χ1) is 17.9. The van der Waals surface area contributed by atoms with E-state index in [9.17, 15) is 21.6 Å². The summed E-state index contributed by atoms with van der Waals surface area (Å²) in [5, 5.41) is 2.70. The minimum atomic E-state index is -3.95. The molecular weight excluding hydrogens is 548 g/mol. The molecule has 4 aromatic rings. The van der Waals surface area contributed by atoms with Gasteiger partial charge in [0.1, 0.15) is 5.82 Å². The summed E-state index contributed by atoms with van der Waals surface area (Å²) in [4.78, 5) is 16.8. The number of nitrogens with zero attached hydrogens (tertiary/aromatic N) is 2. The van der Waals surface area contributed by atoms with Crippen molar-refractivity contribution < 1.29 is 21.6 Å². The van der Waals surface area contributed by atoms with Gasteiger partial charge in [-0.1, -0.05) is 48.4 Å². The standard InChI is InChI=1S/C26H27ClN4O5S2/c1-4-25-29-22-16-24(37(3,33)34)21(27)15-23(22)31(25)19-9-7-18(8-10-19)13-14-28-26(32)30-38(35,36)20-11-5-17(2)6-12-20/h5-12,15-16H,4,13-14H2,1-3H3,(H2,28,30,32). The first-order valence-corrected chi connectivity index (χ1v) is 15.5. The number of hydrogen-bond acceptors (Lipinski definition) is 6. The molecule has 0 aliphatic rings. The summed E-state index contributed by atoms with van der Waals surface area (Å²) >= 11 is 6.29. The molecule has 38 heavy (non-hydrogen) atoms. The number of amides is 2. The van der Waals surface area contributed by atoms with Gasteiger partial charge in [-0.15, -0.1) is 0 Å². The zero-order valence-electron chi connectivity index (χ0n) is 21.0. The summed E-state index contributed by atoms with van der Waals surface area (Å²) in [6.07, 6.45) is 2.21. The van der Waals surface area contributed by atoms with Gasteiger partial charge in [0.15, 0.2) is 9.84 Å². The quantitative estimate of drug-likeness (QED) is 0.325. The van der Waals surface area contributed by atoms with Crippen LogP contribution in [0.5, 0.6) is 0 Å². The maximum Gasteiger partial charge on any atom is 0.328 e. The first kappa shape index (κ1) is 27.6. The third kappa shape index (κ3) is 6.01. The van der Waals surface area contributed by atoms with Gasteiger partial charge in [-0.05, 0) is 55.3 Å². The molecule has 3 aromatic carbocycles. The molecule has 0 bridgehead atoms. The molecule has 12 heteroatoms. The number of sulfone groups is 1. The number of fused-ring (bicyclic) bond motifs is 1. The molecule has 1 heterocycles. The third-order valence-corrected chi connectivity index (χ3v) is 8.85. The summed E-state index contributed by atoms with van der Waals surface area (Å²) in [7, 11) is -7.45. The number of aryl methyl sites for hydroxylation is 2. The Morgan fingerprint density at radius 3 is 2.26 bits per heavy atom. The summed E-state index contributed by atoms with van der Waals surface area (Å²) < 4.78 is 52.8. The van der Waals surface area contributed by atoms with Crippen molar-refractivity contribution in [2.75, 3.05) is 12.8 Å². The number of halogens is 1. The van der Waals surface area contributed by atoms with Crippen LogP contribution in [0.1, 0.15) is 23.9 Å². The zero-order valence-corrected chi connectivity index (χ0v) is 23.4. The molecule has 2 N–H and O–H groups in total. The number of rotatable bonds is 8. The smallest absolute Gasteiger partial charge is 0.328 e. The molecule has 0 unspecified atom stereocenters. The lowest BCUT2D eigenvalue weighted by molar-refractivity contribution is 0.246. The van der Waals surface area contributed by atoms with E-state index < -0.39 is 25.9 Å². The highest BCUT2D eigenvalue weighted by Gasteiger charge is 2.19. The summed E-state index contributed by atoms with van der Waals surface area (Å²) in [6.45, 7) is 4.03. The molecule has 0 saturated heterocycles. The van der Waals surface area contributed by atoms with Crippen LogP contribution in [-0.2, 0) is 32.7 Å². The number of nitrogens with one attached hydrogen (secondary N) is 2. The predicted octanol–water partition coefficient (Wildman–Crippen LogP) is 4.18. The van der Waals surface area contributed by atoms with Crippen LogP contribution >= 0.6 is 11.6 Å². The number of urea groups is 1. The zero-order chi connectivity index (χ0) is 27.7. The fraction of sp³-hybridized carbons (Fsp3) is 0.231. The van der Waals surface area contributed by atoms with Crippen LogP contribution in [0.25, 0.3) is 16.7 Å². The van der Waals surface area contributed by atoms with Crippen LogP contribution in [0.4, 0.5) is 4.79 Å². The second-order valence-corrected chi connectivity index (χ2v) is 12.9. The molecule has 0 saturated carbocycles. The summed E-state index contributed by atoms with van der Waals surface area (Å²) in [6, 6.07) is 16.1. The fourth-order valence-corrected chi connectivity index (χ4v) is 6.25. The molecule has 0 atom stereocenters. The van der Waals surface area contributed by atoms with E-state index in [1.54, 1.807) is 18.2 Å². The Balaban J connectivity index is 1.45. The van der Waals surface area contributed by atoms with Crippen LogP contribution in [0.3, 0.4) is 0 Å². The molecule has 0 aliphatic heterocycles. The van der Waals surface area contributed by atoms with Crippen LogP contribution in [-0.4, -0.2) is 45.2 Å². The van der Waals surface area contributed by atoms with E-state index >= 15 is 0 Å². The Hall–Kier alpha value is -3.41. The maximum atomic E-state index is 12.4. The Kier molecular flexibility index (Phi) is 7.82. The van der Waals surface area contributed by atoms with E-state index in [-0.39, 0.29) is 21.4 Å². The first-order valence-electron chi connectivity index (χ1n) is 11.8. The minimum absolute atomic E-state index is 0.0149. The van der Waals surface area contributed by atoms with Crippen LogP contribution in [0, 0.1) is 6.92 Å². The highest BCUT2D eigenvalue weighted by atomic mass is 35.5. The lowest BCUT2D eigenvalue weighted by atomic mass is 10.1. The van der Waals surface area contributed by atoms with Gasteiger partial charge < -0.3 is 5.32 Å². The van der Waals surface area contributed by atoms with E-state index in [4.69, 9.17) is 11.6 Å². The van der Waals surface area contributed by atoms with Gasteiger partial charge in [0.25, 0.3) is 10.0 Å². The molecule has 0 fully saturated rings. The Morgan fingerprint density at radius 1 is 1.00 bits per heavy atom. The monoisotopic (exact) mass is 574 g/mol. The van der Waals surface area contributed by atoms with Crippen LogP contribution in [0.15, 0.2) is 70.5 Å². The van der Waals surface area contributed by atoms with E-state index in [1.807, 2.05) is 47.4 Å². The molecular formula is C26H27ClN4O5S2. The average Bonchev–Trinajstić information content (AvgIpc) is 3.20. The van der Waals surface area contributed by atoms with Crippen molar-refractivity contribution in [3.8, 4) is 5.69 Å². The van der Waals surface area contributed by atoms with Crippen molar-refractivity contribution in [3.63, 3.8) is 0 Å². The van der Waals surface area contributed by atoms with Crippen LogP contribution in [0.2, 0.25) is 5.02 Å². The molecule has 0 aliphatic carbocycles. The van der Waals surface area contributed by atoms with Gasteiger partial charge in [-0.2, -0.15) is 0 Å². The van der Waals surface area contributed by atoms with Crippen molar-refractivity contribution in [2.24, 2.45) is 0 Å². The van der Waals surface area contributed by atoms with E-state index in [0.29, 0.717) is 23.9 Å². The van der Waals surface area contributed by atoms with Crippen molar-refractivity contribution in [2.45, 2.75) is 36.5 Å². The normalized spacial score (nSPS) is 12.0. The lowest BCUT2D eigenvalue weighted by Gasteiger charge is -2.11. The molecule has 1 aromatic heterocycles. The molecule has 0 spiro atoms. The molecule has 0 radical (unpaired) electrons. The minimum Gasteiger partial charge on any atom is -0.337 e. The van der Waals surface area contributed by atoms with Crippen molar-refractivity contribution in [1.29, 1.82) is 0 Å². The SMILES string of the molecule is CCc1nc2cc(S(C)(=O)=O)c(Cl)cc2n1-c1ccc(CCNC(=O)NS(=O)(=O)c2ccc(C)cc2)cc1. The van der Waals surface area contributed by atoms with E-state index in [0.717, 1.165) is 28.9 Å². The number of imidazole rings is 1. The molecule has 200 valence electrons. The van der Waals surface area contributed by atoms with Crippen molar-refractivity contribution >= 4 is 48.5 Å². The number of hydrogen-bond donors (Lipinski definition) is 2. The molecule has 4 rings (SSSR count). The van der Waals surface area contributed by atoms with Gasteiger partial charge in [0.2, 0.25) is 0 Å². The lowest BCUT2D eigenvalue weighted by Crippen LogP contribution is -2.40. The van der Waals surface area contributed by atoms with Gasteiger partial charge >= 0.3 is 6.03 Å². The second kappa shape index (κ2) is 10.8. The van der Waals surface area contributed by atoms with E-state index in [2.05, 4.69) is 10.3 Å². The largest absolute Gasteiger partial charge is 0.337 e. The predicted molar refractivity (Wildman–Crippen MR) is 147 cm³/mol. The average molecular weight is 575 g/mol. The van der Waals surface area contributed by atoms with Crippen molar-refractivity contribution in [1.82, 2.24) is 19.6 Å². The fourth-order valence-electron chi connectivity index (χ4n) is 4.00. The van der Waals surface area contributed by atoms with Gasteiger partial charge in [0.05, 0.1) is 25.8 Å². The number of aromatic nitrogens is 2. The number of benzene rings is 3. The Morgan fingerprint density at radius 2 is 1.66 bits per heavy atom. The van der Waals surface area contributed by atoms with Crippen molar-refractivity contribution in [3.05, 3.63) is 82.6 Å². The highest BCUT2D eigenvalue weighted by Crippen LogP contribution is 2.30. The highest BCUT2D eigenvalue weighted by molar-refractivity contribution is 7.91.